The number of benzene rings is 3. The van der Waals surface area contributed by atoms with Crippen LogP contribution in [0.15, 0.2) is 77.7 Å². The molecular weight excluding hydrogens is 514 g/mol. The summed E-state index contributed by atoms with van der Waals surface area (Å²) in [4.78, 5) is 27.7. The van der Waals surface area contributed by atoms with Crippen molar-refractivity contribution in [1.29, 1.82) is 0 Å². The number of amides is 2. The van der Waals surface area contributed by atoms with Crippen LogP contribution in [-0.4, -0.2) is 51.9 Å². The van der Waals surface area contributed by atoms with Crippen LogP contribution in [-0.2, 0) is 26.2 Å². The summed E-state index contributed by atoms with van der Waals surface area (Å²) in [5.41, 5.74) is 1.78. The number of halogens is 1. The van der Waals surface area contributed by atoms with Crippen LogP contribution in [0.25, 0.3) is 0 Å². The first-order valence-corrected chi connectivity index (χ1v) is 13.4. The number of nitrogens with one attached hydrogen (secondary N) is 1. The van der Waals surface area contributed by atoms with Crippen molar-refractivity contribution in [3.05, 3.63) is 88.9 Å². The fraction of sp³-hybridized carbons (Fsp3) is 0.259. The summed E-state index contributed by atoms with van der Waals surface area (Å²) in [5.74, 6) is -0.725. The molecule has 0 aliphatic carbocycles. The Morgan fingerprint density at radius 1 is 1.03 bits per heavy atom. The number of methoxy groups -OCH3 is 1. The summed E-state index contributed by atoms with van der Waals surface area (Å²) in [6.07, 6.45) is 0. The van der Waals surface area contributed by atoms with E-state index < -0.39 is 28.5 Å². The second-order valence-corrected chi connectivity index (χ2v) is 10.7. The van der Waals surface area contributed by atoms with Crippen LogP contribution < -0.4 is 14.4 Å². The van der Waals surface area contributed by atoms with Gasteiger partial charge in [-0.05, 0) is 49.7 Å². The van der Waals surface area contributed by atoms with Crippen LogP contribution in [0.2, 0.25) is 5.02 Å². The highest BCUT2D eigenvalue weighted by molar-refractivity contribution is 7.92. The molecule has 0 radical (unpaired) electrons. The van der Waals surface area contributed by atoms with Gasteiger partial charge in [-0.2, -0.15) is 0 Å². The molecule has 1 atom stereocenters. The SMILES string of the molecule is CNC(=O)C(C)N(Cc1ccccc1)C(=O)CN(c1cc(Cl)ccc1OC)S(=O)(=O)c1ccc(C)cc1. The number of rotatable bonds is 10. The summed E-state index contributed by atoms with van der Waals surface area (Å²) in [6, 6.07) is 19.2. The van der Waals surface area contributed by atoms with Gasteiger partial charge in [-0.3, -0.25) is 13.9 Å². The van der Waals surface area contributed by atoms with Gasteiger partial charge in [0.25, 0.3) is 10.0 Å². The molecule has 3 aromatic rings. The molecule has 10 heteroatoms. The summed E-state index contributed by atoms with van der Waals surface area (Å²) in [7, 11) is -1.34. The van der Waals surface area contributed by atoms with Gasteiger partial charge in [-0.1, -0.05) is 59.6 Å². The van der Waals surface area contributed by atoms with E-state index in [0.717, 1.165) is 15.4 Å². The lowest BCUT2D eigenvalue weighted by Gasteiger charge is -2.32. The minimum Gasteiger partial charge on any atom is -0.495 e. The second-order valence-electron chi connectivity index (χ2n) is 8.44. The van der Waals surface area contributed by atoms with Crippen molar-refractivity contribution in [2.45, 2.75) is 31.3 Å². The third-order valence-electron chi connectivity index (χ3n) is 5.91. The number of aryl methyl sites for hydroxylation is 1. The van der Waals surface area contributed by atoms with Gasteiger partial charge in [-0.25, -0.2) is 8.42 Å². The van der Waals surface area contributed by atoms with Gasteiger partial charge in [0.05, 0.1) is 17.7 Å². The van der Waals surface area contributed by atoms with Crippen molar-refractivity contribution < 1.29 is 22.7 Å². The predicted octanol–water partition coefficient (Wildman–Crippen LogP) is 4.02. The molecule has 2 amide bonds. The molecule has 3 rings (SSSR count). The lowest BCUT2D eigenvalue weighted by molar-refractivity contribution is -0.139. The second kappa shape index (κ2) is 12.1. The average molecular weight is 544 g/mol. The molecule has 1 unspecified atom stereocenters. The first-order chi connectivity index (χ1) is 17.6. The van der Waals surface area contributed by atoms with E-state index in [9.17, 15) is 18.0 Å². The van der Waals surface area contributed by atoms with Crippen molar-refractivity contribution in [2.24, 2.45) is 0 Å². The van der Waals surface area contributed by atoms with Crippen LogP contribution in [0, 0.1) is 6.92 Å². The lowest BCUT2D eigenvalue weighted by Crippen LogP contribution is -2.50. The molecule has 196 valence electrons. The lowest BCUT2D eigenvalue weighted by atomic mass is 10.1. The van der Waals surface area contributed by atoms with E-state index in [1.807, 2.05) is 37.3 Å². The van der Waals surface area contributed by atoms with E-state index in [-0.39, 0.29) is 33.8 Å². The zero-order chi connectivity index (χ0) is 27.2. The summed E-state index contributed by atoms with van der Waals surface area (Å²) in [5, 5.41) is 2.83. The van der Waals surface area contributed by atoms with Crippen molar-refractivity contribution in [2.75, 3.05) is 25.0 Å². The van der Waals surface area contributed by atoms with Crippen molar-refractivity contribution in [3.8, 4) is 5.75 Å². The molecule has 0 fully saturated rings. The minimum atomic E-state index is -4.23. The number of hydrogen-bond donors (Lipinski definition) is 1. The Kier molecular flexibility index (Phi) is 9.18. The summed E-state index contributed by atoms with van der Waals surface area (Å²) < 4.78 is 34.1. The van der Waals surface area contributed by atoms with Crippen LogP contribution in [0.5, 0.6) is 5.75 Å². The maximum absolute atomic E-state index is 13.9. The normalized spacial score (nSPS) is 11.9. The number of ether oxygens (including phenoxy) is 1. The van der Waals surface area contributed by atoms with Crippen LogP contribution >= 0.6 is 11.6 Å². The van der Waals surface area contributed by atoms with E-state index in [4.69, 9.17) is 16.3 Å². The highest BCUT2D eigenvalue weighted by Crippen LogP contribution is 2.35. The number of carbonyl (C=O) groups is 2. The molecule has 0 heterocycles. The van der Waals surface area contributed by atoms with Crippen molar-refractivity contribution >= 4 is 39.1 Å². The number of nitrogens with zero attached hydrogens (tertiary/aromatic N) is 2. The number of likely N-dealkylation sites (N-methyl/N-ethyl adjacent to an activating group) is 1. The Morgan fingerprint density at radius 2 is 1.68 bits per heavy atom. The maximum Gasteiger partial charge on any atom is 0.264 e. The van der Waals surface area contributed by atoms with Gasteiger partial charge in [0, 0.05) is 18.6 Å². The summed E-state index contributed by atoms with van der Waals surface area (Å²) in [6.45, 7) is 2.97. The van der Waals surface area contributed by atoms with Gasteiger partial charge in [-0.15, -0.1) is 0 Å². The van der Waals surface area contributed by atoms with E-state index in [0.29, 0.717) is 0 Å². The van der Waals surface area contributed by atoms with Gasteiger partial charge < -0.3 is 15.0 Å². The molecule has 0 spiro atoms. The third kappa shape index (κ3) is 6.61. The standard InChI is InChI=1S/C27H30ClN3O5S/c1-19-10-13-23(14-11-19)37(34,35)31(24-16-22(28)12-15-25(24)36-4)18-26(32)30(20(2)27(33)29-3)17-21-8-6-5-7-9-21/h5-16,20H,17-18H2,1-4H3,(H,29,33). The Hall–Kier alpha value is -3.56. The molecule has 8 nitrogen and oxygen atoms in total. The molecule has 0 aliphatic rings. The molecule has 0 bridgehead atoms. The highest BCUT2D eigenvalue weighted by atomic mass is 35.5. The molecule has 1 N–H and O–H groups in total. The Bertz CT molecular complexity index is 1350. The number of sulfonamides is 1. The first kappa shape index (κ1) is 28.0. The van der Waals surface area contributed by atoms with Crippen molar-refractivity contribution in [3.63, 3.8) is 0 Å². The number of anilines is 1. The van der Waals surface area contributed by atoms with Gasteiger partial charge in [0.1, 0.15) is 18.3 Å². The monoisotopic (exact) mass is 543 g/mol. The van der Waals surface area contributed by atoms with Crippen LogP contribution in [0.3, 0.4) is 0 Å². The Labute approximate surface area is 222 Å². The summed E-state index contributed by atoms with van der Waals surface area (Å²) >= 11 is 6.23. The zero-order valence-electron chi connectivity index (χ0n) is 21.1. The first-order valence-electron chi connectivity index (χ1n) is 11.6. The zero-order valence-corrected chi connectivity index (χ0v) is 22.7. The van der Waals surface area contributed by atoms with E-state index in [1.165, 1.54) is 43.3 Å². The highest BCUT2D eigenvalue weighted by Gasteiger charge is 2.33. The van der Waals surface area contributed by atoms with Gasteiger partial charge in [0.2, 0.25) is 11.8 Å². The molecule has 3 aromatic carbocycles. The molecule has 0 aromatic heterocycles. The Balaban J connectivity index is 2.10. The fourth-order valence-corrected chi connectivity index (χ4v) is 5.36. The fourth-order valence-electron chi connectivity index (χ4n) is 3.78. The number of hydrogen-bond acceptors (Lipinski definition) is 5. The molecule has 0 aliphatic heterocycles. The van der Waals surface area contributed by atoms with Crippen molar-refractivity contribution in [1.82, 2.24) is 10.2 Å². The van der Waals surface area contributed by atoms with Crippen LogP contribution in [0.4, 0.5) is 5.69 Å². The topological polar surface area (TPSA) is 96.0 Å². The average Bonchev–Trinajstić information content (AvgIpc) is 2.90. The molecule has 0 saturated heterocycles. The third-order valence-corrected chi connectivity index (χ3v) is 7.92. The van der Waals surface area contributed by atoms with E-state index in [2.05, 4.69) is 5.32 Å². The van der Waals surface area contributed by atoms with Gasteiger partial charge >= 0.3 is 0 Å². The largest absolute Gasteiger partial charge is 0.495 e. The van der Waals surface area contributed by atoms with Gasteiger partial charge in [0.15, 0.2) is 0 Å². The van der Waals surface area contributed by atoms with E-state index in [1.54, 1.807) is 25.1 Å². The quantitative estimate of drug-likeness (QED) is 0.417. The molecule has 37 heavy (non-hydrogen) atoms. The predicted molar refractivity (Wildman–Crippen MR) is 144 cm³/mol. The Morgan fingerprint density at radius 3 is 2.27 bits per heavy atom. The molecule has 0 saturated carbocycles. The molecular formula is C27H30ClN3O5S. The maximum atomic E-state index is 13.9. The smallest absolute Gasteiger partial charge is 0.264 e. The van der Waals surface area contributed by atoms with Crippen LogP contribution in [0.1, 0.15) is 18.1 Å². The number of carbonyl (C=O) groups excluding carboxylic acids is 2. The van der Waals surface area contributed by atoms with E-state index >= 15 is 0 Å². The minimum absolute atomic E-state index is 0.00175.